The lowest BCUT2D eigenvalue weighted by Crippen LogP contribution is -2.60. The maximum absolute atomic E-state index is 12.9. The first-order valence-corrected chi connectivity index (χ1v) is 26.6. The minimum Gasteiger partial charge on any atom is -0.457 e. The first-order valence-electron chi connectivity index (χ1n) is 25.2. The van der Waals surface area contributed by atoms with Crippen LogP contribution in [0.3, 0.4) is 0 Å². The van der Waals surface area contributed by atoms with Gasteiger partial charge in [0.2, 0.25) is 0 Å². The van der Waals surface area contributed by atoms with Crippen molar-refractivity contribution in [3.05, 3.63) is 72.9 Å². The fraction of sp³-hybridized carbons (Fsp3) is 0.750. The second-order valence-electron chi connectivity index (χ2n) is 17.0. The van der Waals surface area contributed by atoms with E-state index in [4.69, 9.17) is 18.9 Å². The summed E-state index contributed by atoms with van der Waals surface area (Å²) in [7, 11) is -5.07. The van der Waals surface area contributed by atoms with Gasteiger partial charge in [-0.05, 0) is 83.5 Å². The van der Waals surface area contributed by atoms with Gasteiger partial charge < -0.3 is 34.3 Å². The van der Waals surface area contributed by atoms with Gasteiger partial charge in [0.25, 0.3) is 0 Å². The fourth-order valence-corrected chi connectivity index (χ4v) is 7.79. The molecule has 1 heterocycles. The molecule has 0 aliphatic carbocycles. The van der Waals surface area contributed by atoms with Crippen LogP contribution in [0, 0.1) is 0 Å². The summed E-state index contributed by atoms with van der Waals surface area (Å²) in [6.07, 6.45) is 46.4. The van der Waals surface area contributed by atoms with Crippen LogP contribution in [0.2, 0.25) is 0 Å². The Morgan fingerprint density at radius 3 is 1.55 bits per heavy atom. The van der Waals surface area contributed by atoms with Crippen molar-refractivity contribution in [1.82, 2.24) is 0 Å². The normalized spacial score (nSPS) is 20.2. The van der Waals surface area contributed by atoms with Crippen molar-refractivity contribution in [2.45, 2.75) is 224 Å². The van der Waals surface area contributed by atoms with Gasteiger partial charge in [0.15, 0.2) is 6.29 Å². The minimum absolute atomic E-state index is 0.0217. The molecule has 12 nitrogen and oxygen atoms in total. The summed E-state index contributed by atoms with van der Waals surface area (Å²) < 4.78 is 59.2. The molecule has 1 aliphatic rings. The zero-order valence-electron chi connectivity index (χ0n) is 40.3. The number of carbonyl (C=O) groups is 1. The molecule has 376 valence electrons. The average Bonchev–Trinajstić information content (AvgIpc) is 3.28. The Kier molecular flexibility index (Phi) is 39.9. The van der Waals surface area contributed by atoms with Crippen LogP contribution in [0.25, 0.3) is 0 Å². The van der Waals surface area contributed by atoms with Crippen molar-refractivity contribution in [1.29, 1.82) is 0 Å². The molecule has 1 fully saturated rings. The number of allylic oxidation sites excluding steroid dienone is 12. The standard InChI is InChI=1S/C52H90O12S/c1-3-5-7-9-11-13-15-17-19-21-23-24-26-28-30-32-34-36-38-40-42-60-44-46(45-61-52-50(56)51(64-65(57,58)59)49(55)47(43-53)63-52)62-48(54)41-39-37-35-33-31-29-27-25-22-20-18-16-14-12-10-8-6-4-2/h5,7,11,13-14,16-17,19-20,22-24,46-47,49-53,55-56H,3-4,6,8-10,12,15,18,21,25-45H2,1-2H3,(H,57,58,59)/b7-5-,13-11-,16-14-,19-17-,22-20-,24-23-. The molecule has 0 saturated carbocycles. The Labute approximate surface area is 394 Å². The molecule has 0 amide bonds. The van der Waals surface area contributed by atoms with Crippen LogP contribution in [0.4, 0.5) is 0 Å². The predicted molar refractivity (Wildman–Crippen MR) is 262 cm³/mol. The van der Waals surface area contributed by atoms with Crippen LogP contribution >= 0.6 is 0 Å². The lowest BCUT2D eigenvalue weighted by molar-refractivity contribution is -0.301. The summed E-state index contributed by atoms with van der Waals surface area (Å²) in [5.41, 5.74) is 0. The summed E-state index contributed by atoms with van der Waals surface area (Å²) in [6.45, 7) is 3.83. The van der Waals surface area contributed by atoms with Crippen LogP contribution < -0.4 is 0 Å². The van der Waals surface area contributed by atoms with E-state index in [1.54, 1.807) is 0 Å². The number of ether oxygens (including phenoxy) is 4. The molecule has 1 aliphatic heterocycles. The lowest BCUT2D eigenvalue weighted by atomic mass is 9.99. The molecule has 0 radical (unpaired) electrons. The lowest BCUT2D eigenvalue weighted by Gasteiger charge is -2.41. The number of hydrogen-bond donors (Lipinski definition) is 4. The number of carbonyl (C=O) groups excluding carboxylic acids is 1. The molecule has 0 aromatic heterocycles. The monoisotopic (exact) mass is 939 g/mol. The van der Waals surface area contributed by atoms with E-state index in [0.29, 0.717) is 13.0 Å². The van der Waals surface area contributed by atoms with Gasteiger partial charge in [0, 0.05) is 13.0 Å². The van der Waals surface area contributed by atoms with Crippen molar-refractivity contribution in [3.63, 3.8) is 0 Å². The molecular weight excluding hydrogens is 849 g/mol. The first-order chi connectivity index (χ1) is 31.6. The number of aliphatic hydroxyl groups excluding tert-OH is 3. The molecule has 1 saturated heterocycles. The van der Waals surface area contributed by atoms with E-state index in [9.17, 15) is 33.1 Å². The molecule has 1 rings (SSSR count). The molecule has 6 atom stereocenters. The van der Waals surface area contributed by atoms with Crippen LogP contribution in [0.15, 0.2) is 72.9 Å². The largest absolute Gasteiger partial charge is 0.457 e. The van der Waals surface area contributed by atoms with Gasteiger partial charge in [-0.1, -0.05) is 170 Å². The SMILES string of the molecule is CC/C=C\C/C=C\C/C=C\C/C=C\CCCCCCCCCOCC(COC1OC(CO)C(O)C(OS(=O)(=O)O)C1O)OC(=O)CCCCCCCCC/C=C\C/C=C\CCCCCC. The highest BCUT2D eigenvalue weighted by atomic mass is 32.3. The minimum atomic E-state index is -5.07. The summed E-state index contributed by atoms with van der Waals surface area (Å²) in [5, 5.41) is 30.7. The van der Waals surface area contributed by atoms with Crippen molar-refractivity contribution in [2.75, 3.05) is 26.4 Å². The second kappa shape index (κ2) is 42.9. The number of unbranched alkanes of at least 4 members (excludes halogenated alkanes) is 18. The molecule has 0 aromatic rings. The van der Waals surface area contributed by atoms with Gasteiger partial charge in [-0.2, -0.15) is 8.42 Å². The molecule has 0 bridgehead atoms. The summed E-state index contributed by atoms with van der Waals surface area (Å²) in [5.74, 6) is -0.413. The fourth-order valence-electron chi connectivity index (χ4n) is 7.28. The Hall–Kier alpha value is -2.46. The number of esters is 1. The average molecular weight is 939 g/mol. The van der Waals surface area contributed by atoms with E-state index < -0.39 is 59.8 Å². The van der Waals surface area contributed by atoms with Gasteiger partial charge >= 0.3 is 16.4 Å². The van der Waals surface area contributed by atoms with Crippen LogP contribution in [-0.2, 0) is 38.3 Å². The van der Waals surface area contributed by atoms with Gasteiger partial charge in [0.05, 0.1) is 19.8 Å². The first kappa shape index (κ1) is 60.6. The Morgan fingerprint density at radius 1 is 0.600 bits per heavy atom. The highest BCUT2D eigenvalue weighted by Gasteiger charge is 2.48. The van der Waals surface area contributed by atoms with Gasteiger partial charge in [-0.3, -0.25) is 9.35 Å². The highest BCUT2D eigenvalue weighted by Crippen LogP contribution is 2.26. The number of rotatable bonds is 43. The molecule has 13 heteroatoms. The predicted octanol–water partition coefficient (Wildman–Crippen LogP) is 11.5. The number of hydrogen-bond acceptors (Lipinski definition) is 11. The molecule has 6 unspecified atom stereocenters. The van der Waals surface area contributed by atoms with E-state index in [-0.39, 0.29) is 19.6 Å². The second-order valence-corrected chi connectivity index (χ2v) is 18.1. The van der Waals surface area contributed by atoms with E-state index in [1.807, 2.05) is 0 Å². The van der Waals surface area contributed by atoms with E-state index in [1.165, 1.54) is 70.6 Å². The third-order valence-electron chi connectivity index (χ3n) is 11.1. The van der Waals surface area contributed by atoms with Gasteiger partial charge in [-0.25, -0.2) is 4.18 Å². The molecular formula is C52H90O12S. The van der Waals surface area contributed by atoms with Crippen molar-refractivity contribution < 1.29 is 56.2 Å². The number of aliphatic hydroxyl groups is 3. The summed E-state index contributed by atoms with van der Waals surface area (Å²) >= 11 is 0. The summed E-state index contributed by atoms with van der Waals surface area (Å²) in [4.78, 5) is 12.9. The van der Waals surface area contributed by atoms with E-state index in [0.717, 1.165) is 89.9 Å². The molecule has 0 aromatic carbocycles. The van der Waals surface area contributed by atoms with Crippen LogP contribution in [0.5, 0.6) is 0 Å². The Balaban J connectivity index is 2.39. The van der Waals surface area contributed by atoms with Crippen molar-refractivity contribution in [3.8, 4) is 0 Å². The molecule has 0 spiro atoms. The van der Waals surface area contributed by atoms with Gasteiger partial charge in [-0.15, -0.1) is 0 Å². The molecule has 4 N–H and O–H groups in total. The third kappa shape index (κ3) is 36.3. The van der Waals surface area contributed by atoms with Crippen LogP contribution in [-0.4, -0.2) is 97.5 Å². The van der Waals surface area contributed by atoms with Crippen LogP contribution in [0.1, 0.15) is 187 Å². The van der Waals surface area contributed by atoms with Crippen molar-refractivity contribution >= 4 is 16.4 Å². The zero-order valence-corrected chi connectivity index (χ0v) is 41.1. The smallest absolute Gasteiger partial charge is 0.397 e. The highest BCUT2D eigenvalue weighted by molar-refractivity contribution is 7.80. The maximum Gasteiger partial charge on any atom is 0.397 e. The topological polar surface area (TPSA) is 178 Å². The summed E-state index contributed by atoms with van der Waals surface area (Å²) in [6, 6.07) is 0. The Bertz CT molecular complexity index is 1410. The Morgan fingerprint density at radius 2 is 1.06 bits per heavy atom. The molecule has 65 heavy (non-hydrogen) atoms. The van der Waals surface area contributed by atoms with E-state index >= 15 is 0 Å². The zero-order chi connectivity index (χ0) is 47.5. The van der Waals surface area contributed by atoms with Gasteiger partial charge in [0.1, 0.15) is 30.5 Å². The van der Waals surface area contributed by atoms with E-state index in [2.05, 4.69) is 90.9 Å². The quantitative estimate of drug-likeness (QED) is 0.0197. The maximum atomic E-state index is 12.9. The third-order valence-corrected chi connectivity index (χ3v) is 11.5. The van der Waals surface area contributed by atoms with Crippen molar-refractivity contribution in [2.24, 2.45) is 0 Å².